The Kier molecular flexibility index (Phi) is 3.78. The summed E-state index contributed by atoms with van der Waals surface area (Å²) in [6.07, 6.45) is 1.58. The average Bonchev–Trinajstić information content (AvgIpc) is 2.89. The van der Waals surface area contributed by atoms with E-state index in [9.17, 15) is 4.79 Å². The number of aromatic nitrogens is 1. The van der Waals surface area contributed by atoms with Crippen LogP contribution in [0.5, 0.6) is 0 Å². The van der Waals surface area contributed by atoms with Crippen LogP contribution in [0.3, 0.4) is 0 Å². The Morgan fingerprint density at radius 2 is 2.39 bits per heavy atom. The number of nitrogens with zero attached hydrogens (tertiary/aromatic N) is 2. The highest BCUT2D eigenvalue weighted by molar-refractivity contribution is 7.09. The molecule has 96 valence electrons. The lowest BCUT2D eigenvalue weighted by molar-refractivity contribution is -0.136. The highest BCUT2D eigenvalue weighted by Gasteiger charge is 2.23. The van der Waals surface area contributed by atoms with E-state index >= 15 is 0 Å². The van der Waals surface area contributed by atoms with Crippen LogP contribution in [0.15, 0.2) is 28.2 Å². The first-order chi connectivity index (χ1) is 8.58. The molecule has 0 saturated carbocycles. The Bertz CT molecular complexity index is 519. The number of carboxylic acid groups (broad SMARTS) is 1. The number of hydrogen-bond acceptors (Lipinski definition) is 5. The molecule has 0 spiro atoms. The molecule has 2 aromatic heterocycles. The number of carbonyl (C=O) groups is 1. The summed E-state index contributed by atoms with van der Waals surface area (Å²) in [5, 5.41) is 11.4. The molecular formula is C12H14N2O3S. The molecule has 2 aromatic rings. The van der Waals surface area contributed by atoms with Gasteiger partial charge >= 0.3 is 5.97 Å². The fraction of sp³-hybridized carbons (Fsp3) is 0.333. The van der Waals surface area contributed by atoms with E-state index in [1.807, 2.05) is 31.1 Å². The molecule has 0 aliphatic rings. The monoisotopic (exact) mass is 266 g/mol. The summed E-state index contributed by atoms with van der Waals surface area (Å²) in [7, 11) is 3.87. The van der Waals surface area contributed by atoms with Crippen molar-refractivity contribution in [3.8, 4) is 0 Å². The molecule has 0 radical (unpaired) electrons. The van der Waals surface area contributed by atoms with Crippen LogP contribution < -0.4 is 0 Å². The van der Waals surface area contributed by atoms with Gasteiger partial charge in [-0.15, -0.1) is 11.3 Å². The van der Waals surface area contributed by atoms with E-state index in [-0.39, 0.29) is 12.5 Å². The number of hydrogen-bond donors (Lipinski definition) is 1. The third kappa shape index (κ3) is 2.77. The van der Waals surface area contributed by atoms with E-state index in [0.29, 0.717) is 5.69 Å². The van der Waals surface area contributed by atoms with Gasteiger partial charge in [-0.25, -0.2) is 4.98 Å². The van der Waals surface area contributed by atoms with E-state index in [1.165, 1.54) is 11.3 Å². The fourth-order valence-electron chi connectivity index (χ4n) is 1.73. The first-order valence-corrected chi connectivity index (χ1v) is 6.32. The highest BCUT2D eigenvalue weighted by atomic mass is 32.1. The van der Waals surface area contributed by atoms with Gasteiger partial charge in [0.05, 0.1) is 18.4 Å². The molecule has 0 saturated heterocycles. The van der Waals surface area contributed by atoms with Gasteiger partial charge in [-0.05, 0) is 26.2 Å². The third-order valence-electron chi connectivity index (χ3n) is 2.46. The van der Waals surface area contributed by atoms with Crippen molar-refractivity contribution in [3.05, 3.63) is 40.2 Å². The predicted molar refractivity (Wildman–Crippen MR) is 67.7 cm³/mol. The van der Waals surface area contributed by atoms with Crippen molar-refractivity contribution in [2.75, 3.05) is 14.1 Å². The summed E-state index contributed by atoms with van der Waals surface area (Å²) in [6.45, 7) is 0. The second-order valence-electron chi connectivity index (χ2n) is 4.13. The number of thiazole rings is 1. The van der Waals surface area contributed by atoms with Gasteiger partial charge in [0.15, 0.2) is 0 Å². The topological polar surface area (TPSA) is 66.6 Å². The summed E-state index contributed by atoms with van der Waals surface area (Å²) in [6, 6.07) is 3.65. The van der Waals surface area contributed by atoms with Crippen LogP contribution in [0.25, 0.3) is 0 Å². The van der Waals surface area contributed by atoms with Gasteiger partial charge in [0.2, 0.25) is 0 Å². The summed E-state index contributed by atoms with van der Waals surface area (Å²) in [5.74, 6) is -0.0672. The van der Waals surface area contributed by atoms with Gasteiger partial charge < -0.3 is 9.52 Å². The summed E-state index contributed by atoms with van der Waals surface area (Å²) in [4.78, 5) is 17.0. The van der Waals surface area contributed by atoms with Crippen LogP contribution in [0.1, 0.15) is 22.5 Å². The average molecular weight is 266 g/mol. The zero-order chi connectivity index (χ0) is 13.1. The van der Waals surface area contributed by atoms with Crippen LogP contribution in [0.2, 0.25) is 0 Å². The molecule has 0 fully saturated rings. The summed E-state index contributed by atoms with van der Waals surface area (Å²) >= 11 is 1.45. The van der Waals surface area contributed by atoms with Crippen molar-refractivity contribution >= 4 is 17.3 Å². The second-order valence-corrected chi connectivity index (χ2v) is 5.02. The second kappa shape index (κ2) is 5.32. The molecule has 0 aliphatic heterocycles. The molecule has 1 N–H and O–H groups in total. The molecule has 5 nitrogen and oxygen atoms in total. The van der Waals surface area contributed by atoms with Gasteiger partial charge in [-0.2, -0.15) is 0 Å². The van der Waals surface area contributed by atoms with E-state index in [1.54, 1.807) is 11.6 Å². The van der Waals surface area contributed by atoms with Crippen molar-refractivity contribution in [3.63, 3.8) is 0 Å². The van der Waals surface area contributed by atoms with E-state index < -0.39 is 5.97 Å². The number of furan rings is 1. The lowest BCUT2D eigenvalue weighted by Gasteiger charge is -2.19. The Balaban J connectivity index is 2.27. The standard InChI is InChI=1S/C12H14N2O3S/c1-14(2)11(9-4-3-5-17-9)12-13-8(7-18-12)6-10(15)16/h3-5,7,11H,6H2,1-2H3,(H,15,16). The zero-order valence-electron chi connectivity index (χ0n) is 10.2. The van der Waals surface area contributed by atoms with Crippen LogP contribution in [0, 0.1) is 0 Å². The molecular weight excluding hydrogens is 252 g/mol. The molecule has 0 aliphatic carbocycles. The Morgan fingerprint density at radius 3 is 2.94 bits per heavy atom. The van der Waals surface area contributed by atoms with E-state index in [2.05, 4.69) is 4.98 Å². The number of rotatable bonds is 5. The molecule has 0 aromatic carbocycles. The SMILES string of the molecule is CN(C)C(c1ccco1)c1nc(CC(=O)O)cs1. The van der Waals surface area contributed by atoms with Crippen molar-refractivity contribution in [2.24, 2.45) is 0 Å². The van der Waals surface area contributed by atoms with Gasteiger partial charge in [0.1, 0.15) is 16.8 Å². The number of aliphatic carboxylic acids is 1. The minimum absolute atomic E-state index is 0.0468. The molecule has 1 unspecified atom stereocenters. The van der Waals surface area contributed by atoms with Gasteiger partial charge in [0, 0.05) is 5.38 Å². The van der Waals surface area contributed by atoms with Crippen LogP contribution in [-0.4, -0.2) is 35.1 Å². The van der Waals surface area contributed by atoms with Gasteiger partial charge in [-0.1, -0.05) is 0 Å². The first-order valence-electron chi connectivity index (χ1n) is 5.44. The summed E-state index contributed by atoms with van der Waals surface area (Å²) < 4.78 is 5.41. The Morgan fingerprint density at radius 1 is 1.61 bits per heavy atom. The highest BCUT2D eigenvalue weighted by Crippen LogP contribution is 2.29. The molecule has 2 rings (SSSR count). The van der Waals surface area contributed by atoms with Crippen LogP contribution in [-0.2, 0) is 11.2 Å². The van der Waals surface area contributed by atoms with Crippen molar-refractivity contribution in [1.82, 2.24) is 9.88 Å². The smallest absolute Gasteiger partial charge is 0.309 e. The van der Waals surface area contributed by atoms with Crippen molar-refractivity contribution in [1.29, 1.82) is 0 Å². The van der Waals surface area contributed by atoms with Gasteiger partial charge in [-0.3, -0.25) is 9.69 Å². The van der Waals surface area contributed by atoms with Gasteiger partial charge in [0.25, 0.3) is 0 Å². The lowest BCUT2D eigenvalue weighted by Crippen LogP contribution is -2.20. The van der Waals surface area contributed by atoms with E-state index in [4.69, 9.17) is 9.52 Å². The molecule has 1 atom stereocenters. The summed E-state index contributed by atoms with van der Waals surface area (Å²) in [5.41, 5.74) is 0.584. The quantitative estimate of drug-likeness (QED) is 0.896. The Hall–Kier alpha value is -1.66. The van der Waals surface area contributed by atoms with Crippen molar-refractivity contribution < 1.29 is 14.3 Å². The molecule has 0 bridgehead atoms. The van der Waals surface area contributed by atoms with E-state index in [0.717, 1.165) is 10.8 Å². The first kappa shape index (κ1) is 12.8. The largest absolute Gasteiger partial charge is 0.481 e. The third-order valence-corrected chi connectivity index (χ3v) is 3.41. The van der Waals surface area contributed by atoms with Crippen LogP contribution >= 0.6 is 11.3 Å². The zero-order valence-corrected chi connectivity index (χ0v) is 11.0. The molecule has 0 amide bonds. The maximum Gasteiger partial charge on any atom is 0.309 e. The van der Waals surface area contributed by atoms with Crippen molar-refractivity contribution in [2.45, 2.75) is 12.5 Å². The molecule has 6 heteroatoms. The molecule has 2 heterocycles. The fourth-order valence-corrected chi connectivity index (χ4v) is 2.75. The predicted octanol–water partition coefficient (Wildman–Crippen LogP) is 2.01. The minimum atomic E-state index is -0.869. The Labute approximate surface area is 109 Å². The number of carboxylic acids is 1. The normalized spacial score (nSPS) is 12.8. The minimum Gasteiger partial charge on any atom is -0.481 e. The maximum atomic E-state index is 10.6. The maximum absolute atomic E-state index is 10.6. The van der Waals surface area contributed by atoms with Crippen LogP contribution in [0.4, 0.5) is 0 Å². The lowest BCUT2D eigenvalue weighted by atomic mass is 10.2. The molecule has 18 heavy (non-hydrogen) atoms.